The van der Waals surface area contributed by atoms with Gasteiger partial charge in [-0.1, -0.05) is 134 Å². The van der Waals surface area contributed by atoms with Crippen LogP contribution in [0, 0.1) is 0 Å². The first-order valence-electron chi connectivity index (χ1n) is 22.9. The lowest BCUT2D eigenvalue weighted by Crippen LogP contribution is -2.37. The van der Waals surface area contributed by atoms with Crippen LogP contribution in [0.15, 0.2) is 36.4 Å². The number of amides is 1. The molecule has 0 saturated carbocycles. The molecule has 0 aliphatic heterocycles. The Hall–Kier alpha value is -3.02. The molecule has 0 spiro atoms. The number of rotatable bonds is 36. The van der Waals surface area contributed by atoms with E-state index in [1.807, 2.05) is 64.5 Å². The third-order valence-corrected chi connectivity index (χ3v) is 11.7. The minimum Gasteiger partial charge on any atom is -0.497 e. The van der Waals surface area contributed by atoms with Crippen LogP contribution in [0.2, 0.25) is 0 Å². The highest BCUT2D eigenvalue weighted by atomic mass is 31.2. The number of unbranched alkanes of at least 4 members (excludes halogenated alkanes) is 17. The molecule has 3 atom stereocenters. The Morgan fingerprint density at radius 3 is 1.82 bits per heavy atom. The number of benzene rings is 2. The summed E-state index contributed by atoms with van der Waals surface area (Å²) in [7, 11) is 3.01. The lowest BCUT2D eigenvalue weighted by molar-refractivity contribution is -0.870. The zero-order valence-corrected chi connectivity index (χ0v) is 38.9. The van der Waals surface area contributed by atoms with Crippen molar-refractivity contribution >= 4 is 36.4 Å². The summed E-state index contributed by atoms with van der Waals surface area (Å²) in [6.07, 6.45) is 20.7. The second-order valence-electron chi connectivity index (χ2n) is 17.3. The number of quaternary nitrogens is 1. The van der Waals surface area contributed by atoms with Gasteiger partial charge in [-0.25, -0.2) is 4.57 Å². The molecule has 1 amide bonds. The summed E-state index contributed by atoms with van der Waals surface area (Å²) < 4.78 is 39.6. The number of carbonyl (C=O) groups excluding carboxylic acids is 3. The quantitative estimate of drug-likeness (QED) is 0.0294. The van der Waals surface area contributed by atoms with Gasteiger partial charge < -0.3 is 28.9 Å². The molecule has 0 aliphatic carbocycles. The van der Waals surface area contributed by atoms with Gasteiger partial charge in [-0.3, -0.25) is 23.4 Å². The monoisotopic (exact) mass is 864 g/mol. The van der Waals surface area contributed by atoms with Crippen LogP contribution in [0.4, 0.5) is 0 Å². The van der Waals surface area contributed by atoms with Gasteiger partial charge in [-0.05, 0) is 54.7 Å². The number of ether oxygens (including phenoxy) is 3. The van der Waals surface area contributed by atoms with Crippen molar-refractivity contribution in [1.29, 1.82) is 0 Å². The van der Waals surface area contributed by atoms with E-state index in [-0.39, 0.29) is 37.9 Å². The molecule has 0 saturated heterocycles. The van der Waals surface area contributed by atoms with Crippen LogP contribution < -0.4 is 10.1 Å². The molecule has 0 aliphatic rings. The van der Waals surface area contributed by atoms with Crippen LogP contribution in [0.1, 0.15) is 160 Å². The highest BCUT2D eigenvalue weighted by Crippen LogP contribution is 2.43. The van der Waals surface area contributed by atoms with Crippen LogP contribution in [-0.4, -0.2) is 94.5 Å². The van der Waals surface area contributed by atoms with Gasteiger partial charge >= 0.3 is 19.8 Å². The smallest absolute Gasteiger partial charge is 0.472 e. The Morgan fingerprint density at radius 2 is 1.23 bits per heavy atom. The Bertz CT molecular complexity index is 1550. The standard InChI is InChI=1S/C47H79N2O10P/c1-7-8-9-10-11-12-13-14-15-16-17-18-19-20-23-26-45(50)56-37-44(38-58-60(53,54)57-34-33-49(3,4)5)59-46(51)27-24-21-22-25-32-48-47(52)39(2)40-28-29-42-36-43(55-6)31-30-41(42)35-40/h28-31,35-36,39,44H,7-27,32-34,37-38H2,1-6H3,(H-,48,52,53,54)/p+1. The fourth-order valence-electron chi connectivity index (χ4n) is 6.81. The fraction of sp³-hybridized carbons (Fsp3) is 0.723. The molecular formula is C47H80N2O10P+. The normalized spacial score (nSPS) is 13.7. The van der Waals surface area contributed by atoms with Gasteiger partial charge in [0.05, 0.1) is 40.8 Å². The third-order valence-electron chi connectivity index (χ3n) is 10.7. The number of methoxy groups -OCH3 is 1. The van der Waals surface area contributed by atoms with Gasteiger partial charge in [-0.15, -0.1) is 0 Å². The number of phosphoric acid groups is 1. The molecule has 13 heteroatoms. The first kappa shape index (κ1) is 53.1. The van der Waals surface area contributed by atoms with Crippen LogP contribution >= 0.6 is 7.82 Å². The number of carbonyl (C=O) groups is 3. The summed E-state index contributed by atoms with van der Waals surface area (Å²) in [5.41, 5.74) is 0.941. The largest absolute Gasteiger partial charge is 0.497 e. The van der Waals surface area contributed by atoms with Crippen molar-refractivity contribution in [2.24, 2.45) is 0 Å². The molecule has 0 aromatic heterocycles. The molecule has 12 nitrogen and oxygen atoms in total. The molecule has 0 bridgehead atoms. The second kappa shape index (κ2) is 30.9. The lowest BCUT2D eigenvalue weighted by Gasteiger charge is -2.24. The van der Waals surface area contributed by atoms with E-state index in [0.717, 1.165) is 54.2 Å². The Labute approximate surface area is 362 Å². The van der Waals surface area contributed by atoms with Crippen LogP contribution in [0.25, 0.3) is 10.8 Å². The first-order valence-corrected chi connectivity index (χ1v) is 24.4. The van der Waals surface area contributed by atoms with Crippen molar-refractivity contribution in [3.63, 3.8) is 0 Å². The minimum absolute atomic E-state index is 0.000538. The summed E-state index contributed by atoms with van der Waals surface area (Å²) in [6.45, 7) is 4.42. The van der Waals surface area contributed by atoms with E-state index in [1.165, 1.54) is 77.0 Å². The molecule has 2 aromatic carbocycles. The number of hydrogen-bond donors (Lipinski definition) is 2. The van der Waals surface area contributed by atoms with E-state index in [9.17, 15) is 23.8 Å². The molecule has 0 radical (unpaired) electrons. The number of esters is 2. The summed E-state index contributed by atoms with van der Waals surface area (Å²) in [4.78, 5) is 48.4. The van der Waals surface area contributed by atoms with Gasteiger partial charge in [-0.2, -0.15) is 0 Å². The Morgan fingerprint density at radius 1 is 0.700 bits per heavy atom. The summed E-state index contributed by atoms with van der Waals surface area (Å²) in [5.74, 6) is -0.473. The van der Waals surface area contributed by atoms with Gasteiger partial charge in [0, 0.05) is 19.4 Å². The number of nitrogens with zero attached hydrogens (tertiary/aromatic N) is 1. The number of phosphoric ester groups is 1. The molecule has 2 aromatic rings. The highest BCUT2D eigenvalue weighted by molar-refractivity contribution is 7.47. The van der Waals surface area contributed by atoms with Crippen molar-refractivity contribution in [1.82, 2.24) is 5.32 Å². The summed E-state index contributed by atoms with van der Waals surface area (Å²) in [5, 5.41) is 5.12. The van der Waals surface area contributed by atoms with E-state index in [2.05, 4.69) is 12.2 Å². The summed E-state index contributed by atoms with van der Waals surface area (Å²) in [6, 6.07) is 11.9. The van der Waals surface area contributed by atoms with Crippen LogP contribution in [-0.2, 0) is 37.5 Å². The van der Waals surface area contributed by atoms with E-state index in [0.29, 0.717) is 30.4 Å². The van der Waals surface area contributed by atoms with Crippen molar-refractivity contribution in [3.05, 3.63) is 42.0 Å². The molecule has 0 fully saturated rings. The van der Waals surface area contributed by atoms with Gasteiger partial charge in [0.15, 0.2) is 6.10 Å². The zero-order valence-electron chi connectivity index (χ0n) is 38.0. The van der Waals surface area contributed by atoms with Gasteiger partial charge in [0.2, 0.25) is 5.91 Å². The van der Waals surface area contributed by atoms with E-state index in [4.69, 9.17) is 23.3 Å². The predicted octanol–water partition coefficient (Wildman–Crippen LogP) is 10.6. The Kier molecular flexibility index (Phi) is 27.4. The second-order valence-corrected chi connectivity index (χ2v) is 18.7. The van der Waals surface area contributed by atoms with Gasteiger partial charge in [0.25, 0.3) is 0 Å². The predicted molar refractivity (Wildman–Crippen MR) is 240 cm³/mol. The SMILES string of the molecule is CCCCCCCCCCCCCCCCCC(=O)OCC(COP(=O)(O)OCC[N+](C)(C)C)OC(=O)CCCCCCNC(=O)C(C)c1ccc2cc(OC)ccc2c1. The maximum absolute atomic E-state index is 12.9. The number of hydrogen-bond acceptors (Lipinski definition) is 9. The van der Waals surface area contributed by atoms with E-state index >= 15 is 0 Å². The third kappa shape index (κ3) is 25.7. The molecule has 342 valence electrons. The lowest BCUT2D eigenvalue weighted by atomic mass is 9.97. The van der Waals surface area contributed by atoms with E-state index in [1.54, 1.807) is 7.11 Å². The van der Waals surface area contributed by atoms with Crippen molar-refractivity contribution in [2.75, 3.05) is 61.2 Å². The molecule has 2 N–H and O–H groups in total. The summed E-state index contributed by atoms with van der Waals surface area (Å²) >= 11 is 0. The average Bonchev–Trinajstić information content (AvgIpc) is 3.21. The fourth-order valence-corrected chi connectivity index (χ4v) is 7.55. The molecule has 3 unspecified atom stereocenters. The Balaban J connectivity index is 1.67. The molecule has 60 heavy (non-hydrogen) atoms. The van der Waals surface area contributed by atoms with Gasteiger partial charge in [0.1, 0.15) is 25.5 Å². The zero-order chi connectivity index (χ0) is 44.1. The molecular weight excluding hydrogens is 783 g/mol. The highest BCUT2D eigenvalue weighted by Gasteiger charge is 2.27. The number of fused-ring (bicyclic) bond motifs is 1. The maximum Gasteiger partial charge on any atom is 0.472 e. The topological polar surface area (TPSA) is 147 Å². The average molecular weight is 864 g/mol. The molecule has 0 heterocycles. The van der Waals surface area contributed by atoms with Crippen molar-refractivity contribution in [3.8, 4) is 5.75 Å². The molecule has 2 rings (SSSR count). The van der Waals surface area contributed by atoms with Crippen LogP contribution in [0.5, 0.6) is 5.75 Å². The number of nitrogens with one attached hydrogen (secondary N) is 1. The van der Waals surface area contributed by atoms with E-state index < -0.39 is 32.5 Å². The van der Waals surface area contributed by atoms with Crippen molar-refractivity contribution in [2.45, 2.75) is 161 Å². The first-order chi connectivity index (χ1) is 28.7. The minimum atomic E-state index is -4.43. The maximum atomic E-state index is 12.9. The van der Waals surface area contributed by atoms with Crippen LogP contribution in [0.3, 0.4) is 0 Å². The number of likely N-dealkylation sites (N-methyl/N-ethyl adjacent to an activating group) is 1. The van der Waals surface area contributed by atoms with Crippen molar-refractivity contribution < 1.29 is 51.6 Å².